The largest absolute Gasteiger partial charge is 0.481 e. The minimum Gasteiger partial charge on any atom is -0.481 e. The fourth-order valence-electron chi connectivity index (χ4n) is 12.6. The van der Waals surface area contributed by atoms with Gasteiger partial charge in [0.1, 0.15) is 56.8 Å². The van der Waals surface area contributed by atoms with Crippen molar-refractivity contribution >= 4 is 69.6 Å². The second-order valence-electron chi connectivity index (χ2n) is 33.5. The third-order valence-electron chi connectivity index (χ3n) is 17.4. The SMILES string of the molecule is CC(C)(C)OC(=O)C[C@H]1C[C@@H](CCN)OC(C)(C)O1.COC(=O)C(Br)c1ccc(F)cc1.COC(=O)C(NCC[C@@H]1C[C@H](CC(=O)OC(C)(C)C)OC(C)(C)O1)c1ccc(F)cc1.COC(=O)C(c1ccc(F)cc1)N(CC[C@@H]1C[C@H](CC(=O)OC(C)(C)C)OC(C)(C)O1)C(=O)C(C)C.COC(=O)Cc1ccc(F)cc1.O=C(O)Cc1ccc(F)cc1. The van der Waals surface area contributed by atoms with Gasteiger partial charge in [0.15, 0.2) is 23.4 Å². The summed E-state index contributed by atoms with van der Waals surface area (Å²) in [6.07, 6.45) is 2.63. The van der Waals surface area contributed by atoms with E-state index in [1.54, 1.807) is 52.0 Å². The van der Waals surface area contributed by atoms with Crippen molar-refractivity contribution in [2.45, 2.75) is 276 Å². The molecule has 0 saturated carbocycles. The number of carboxylic acid groups (broad SMARTS) is 1. The van der Waals surface area contributed by atoms with Gasteiger partial charge in [0.2, 0.25) is 5.91 Å². The van der Waals surface area contributed by atoms with Gasteiger partial charge in [-0.3, -0.25) is 33.6 Å². The number of carbonyl (C=O) groups excluding carboxylic acids is 8. The van der Waals surface area contributed by atoms with Gasteiger partial charge in [0.05, 0.1) is 97.2 Å². The Balaban J connectivity index is 0.000000401. The van der Waals surface area contributed by atoms with Crippen LogP contribution in [0.2, 0.25) is 0 Å². The molecule has 0 aliphatic carbocycles. The first-order chi connectivity index (χ1) is 56.7. The molecule has 3 heterocycles. The summed E-state index contributed by atoms with van der Waals surface area (Å²) in [5.74, 6) is -8.48. The maximum absolute atomic E-state index is 13.5. The van der Waals surface area contributed by atoms with E-state index in [0.717, 1.165) is 12.0 Å². The molecule has 0 spiro atoms. The average Bonchev–Trinajstić information content (AvgIpc) is 0.891. The number of esters is 7. The van der Waals surface area contributed by atoms with Gasteiger partial charge in [0.25, 0.3) is 0 Å². The summed E-state index contributed by atoms with van der Waals surface area (Å²) < 4.78 is 134. The number of amides is 1. The summed E-state index contributed by atoms with van der Waals surface area (Å²) in [7, 11) is 5.19. The minimum atomic E-state index is -1.03. The lowest BCUT2D eigenvalue weighted by Crippen LogP contribution is -2.48. The number of benzene rings is 5. The molecule has 26 nitrogen and oxygen atoms in total. The zero-order valence-electron chi connectivity index (χ0n) is 73.9. The van der Waals surface area contributed by atoms with Crippen LogP contribution in [0.4, 0.5) is 22.0 Å². The van der Waals surface area contributed by atoms with Gasteiger partial charge >= 0.3 is 47.8 Å². The van der Waals surface area contributed by atoms with E-state index in [1.165, 1.54) is 130 Å². The molecule has 0 bridgehead atoms. The Kier molecular flexibility index (Phi) is 44.7. The topological polar surface area (TPSA) is 335 Å². The van der Waals surface area contributed by atoms with Crippen molar-refractivity contribution in [3.63, 3.8) is 0 Å². The van der Waals surface area contributed by atoms with E-state index in [2.05, 4.69) is 30.7 Å². The molecule has 4 N–H and O–H groups in total. The first-order valence-electron chi connectivity index (χ1n) is 40.0. The van der Waals surface area contributed by atoms with Gasteiger partial charge in [-0.25, -0.2) is 31.5 Å². The highest BCUT2D eigenvalue weighted by Crippen LogP contribution is 2.36. The number of aliphatic carboxylic acids is 1. The summed E-state index contributed by atoms with van der Waals surface area (Å²) in [5.41, 5.74) is 7.06. The monoisotopic (exact) mass is 1790 g/mol. The second-order valence-corrected chi connectivity index (χ2v) is 34.4. The maximum atomic E-state index is 13.5. The van der Waals surface area contributed by atoms with Crippen LogP contribution < -0.4 is 11.1 Å². The molecule has 0 aromatic heterocycles. The van der Waals surface area contributed by atoms with E-state index in [9.17, 15) is 65.1 Å². The van der Waals surface area contributed by atoms with Crippen molar-refractivity contribution in [1.29, 1.82) is 0 Å². The fraction of sp³-hybridized carbons (Fsp3) is 0.567. The fourth-order valence-corrected chi connectivity index (χ4v) is 13.1. The smallest absolute Gasteiger partial charge is 0.333 e. The van der Waals surface area contributed by atoms with E-state index >= 15 is 0 Å². The normalized spacial score (nSPS) is 18.9. The number of halogens is 6. The second kappa shape index (κ2) is 50.8. The number of methoxy groups -OCH3 is 4. The van der Waals surface area contributed by atoms with Crippen molar-refractivity contribution in [1.82, 2.24) is 10.2 Å². The lowest BCUT2D eigenvalue weighted by Gasteiger charge is -2.41. The van der Waals surface area contributed by atoms with Gasteiger partial charge in [-0.2, -0.15) is 0 Å². The molecule has 3 unspecified atom stereocenters. The van der Waals surface area contributed by atoms with Gasteiger partial charge in [-0.15, -0.1) is 0 Å². The van der Waals surface area contributed by atoms with Crippen LogP contribution in [0.25, 0.3) is 0 Å². The first kappa shape index (κ1) is 107. The van der Waals surface area contributed by atoms with Crippen molar-refractivity contribution < 1.29 is 132 Å². The summed E-state index contributed by atoms with van der Waals surface area (Å²) in [6.45, 7) is 32.1. The average molecular weight is 1790 g/mol. The number of carbonyl (C=O) groups is 9. The van der Waals surface area contributed by atoms with Gasteiger partial charge < -0.3 is 82.6 Å². The molecule has 9 atom stereocenters. The third kappa shape index (κ3) is 43.5. The molecule has 0 radical (unpaired) electrons. The van der Waals surface area contributed by atoms with Crippen LogP contribution in [0.15, 0.2) is 121 Å². The van der Waals surface area contributed by atoms with Gasteiger partial charge in [-0.05, 0) is 225 Å². The van der Waals surface area contributed by atoms with Crippen molar-refractivity contribution in [2.24, 2.45) is 11.7 Å². The molecule has 1 amide bonds. The number of hydrogen-bond donors (Lipinski definition) is 3. The Labute approximate surface area is 722 Å². The number of ether oxygens (including phenoxy) is 13. The highest BCUT2D eigenvalue weighted by molar-refractivity contribution is 9.09. The summed E-state index contributed by atoms with van der Waals surface area (Å²) in [4.78, 5) is 107. The zero-order chi connectivity index (χ0) is 92.3. The lowest BCUT2D eigenvalue weighted by atomic mass is 9.99. The van der Waals surface area contributed by atoms with Crippen molar-refractivity contribution in [2.75, 3.05) is 48.1 Å². The van der Waals surface area contributed by atoms with Crippen molar-refractivity contribution in [3.8, 4) is 0 Å². The molecule has 3 aliphatic rings. The number of nitrogens with two attached hydrogens (primary N) is 1. The third-order valence-corrected chi connectivity index (χ3v) is 18.3. The zero-order valence-corrected chi connectivity index (χ0v) is 75.5. The van der Waals surface area contributed by atoms with E-state index < -0.39 is 86.9 Å². The Morgan fingerprint density at radius 2 is 0.770 bits per heavy atom. The van der Waals surface area contributed by atoms with Crippen LogP contribution in [0.3, 0.4) is 0 Å². The van der Waals surface area contributed by atoms with E-state index in [1.807, 2.05) is 90.0 Å². The number of nitrogens with one attached hydrogen (secondary N) is 1. The van der Waals surface area contributed by atoms with Crippen LogP contribution in [0.5, 0.6) is 0 Å². The number of rotatable bonds is 27. The number of nitrogens with zero attached hydrogens (tertiary/aromatic N) is 1. The van der Waals surface area contributed by atoms with Crippen LogP contribution in [-0.2, 0) is 118 Å². The van der Waals surface area contributed by atoms with E-state index in [4.69, 9.17) is 62.9 Å². The molecule has 3 fully saturated rings. The van der Waals surface area contributed by atoms with Crippen LogP contribution >= 0.6 is 15.9 Å². The molecule has 3 aliphatic heterocycles. The molecule has 3 saturated heterocycles. The molecule has 122 heavy (non-hydrogen) atoms. The lowest BCUT2D eigenvalue weighted by molar-refractivity contribution is -0.301. The predicted octanol–water partition coefficient (Wildman–Crippen LogP) is 15.6. The number of alkyl halides is 1. The Hall–Kier alpha value is -8.86. The minimum absolute atomic E-state index is 0.0428. The van der Waals surface area contributed by atoms with E-state index in [-0.39, 0.29) is 128 Å². The van der Waals surface area contributed by atoms with E-state index in [0.29, 0.717) is 67.4 Å². The van der Waals surface area contributed by atoms with Gasteiger partial charge in [-0.1, -0.05) is 90.4 Å². The maximum Gasteiger partial charge on any atom is 0.333 e. The highest BCUT2D eigenvalue weighted by Gasteiger charge is 2.42. The molecule has 5 aromatic carbocycles. The quantitative estimate of drug-likeness (QED) is 0.0190. The molecule has 680 valence electrons. The highest BCUT2D eigenvalue weighted by atomic mass is 79.9. The number of carboxylic acids is 1. The summed E-state index contributed by atoms with van der Waals surface area (Å²) >= 11 is 3.14. The Morgan fingerprint density at radius 3 is 1.10 bits per heavy atom. The molecule has 32 heteroatoms. The number of hydrogen-bond acceptors (Lipinski definition) is 24. The standard InChI is InChI=1S/C27H40FNO7.C23H34FNO6.C14H27NO4.C9H8BrFO2.C9H9FO2.C8H7FO2/c1-17(2)24(31)29(23(25(32)33-8)18-9-11-19(28)12-10-18)14-13-20-15-21(35-27(6,7)34-20)16-22(30)36-26(3,4)5;1-22(2,3)31-19(26)14-18-13-17(29-23(4,5)30-18)11-12-25-20(21(27)28-6)15-7-9-16(24)10-8-15;1-13(2,3)19-12(16)9-11-8-10(6-7-15)17-14(4,5)18-11;1-13-9(12)8(10)6-2-4-7(11)5-3-6;1-12-9(11)6-7-2-4-8(10)5-3-7;9-7-3-1-6(2-4-7)5-8(10)11/h9-12,17,20-21,23H,13-16H2,1-8H3;7-10,17-18,20,25H,11-14H2,1-6H3;10-11H,6-9,15H2,1-5H3;2-5,8H,1H3;2-5H,6H2,1H3;1-4H,5H2,(H,10,11)/t20-,21-,23?;17-,18-,20?;10-,11-;;;/m111.../s1. The molecular formula is C90H125BrF5N3O23. The van der Waals surface area contributed by atoms with Gasteiger partial charge in [0, 0.05) is 31.7 Å². The molecule has 8 rings (SSSR count). The van der Waals surface area contributed by atoms with Crippen LogP contribution in [0, 0.1) is 35.0 Å². The molecule has 5 aromatic rings. The van der Waals surface area contributed by atoms with Crippen LogP contribution in [0.1, 0.15) is 220 Å². The predicted molar refractivity (Wildman–Crippen MR) is 446 cm³/mol. The van der Waals surface area contributed by atoms with Crippen molar-refractivity contribution in [3.05, 3.63) is 178 Å². The summed E-state index contributed by atoms with van der Waals surface area (Å²) in [5, 5.41) is 11.5. The summed E-state index contributed by atoms with van der Waals surface area (Å²) in [6, 6.07) is 26.2. The Bertz CT molecular complexity index is 4060. The van der Waals surface area contributed by atoms with Crippen LogP contribution in [-0.4, -0.2) is 183 Å². The Morgan fingerprint density at radius 1 is 0.451 bits per heavy atom. The first-order valence-corrected chi connectivity index (χ1v) is 41.0. The molecular weight excluding hydrogens is 1670 g/mol.